The molecule has 0 saturated carbocycles. The van der Waals surface area contributed by atoms with Gasteiger partial charge in [0.05, 0.1) is 18.5 Å². The molecule has 1 aliphatic heterocycles. The van der Waals surface area contributed by atoms with E-state index in [0.717, 1.165) is 18.8 Å². The molecule has 1 heterocycles. The van der Waals surface area contributed by atoms with Crippen LogP contribution in [0, 0.1) is 0 Å². The van der Waals surface area contributed by atoms with Crippen LogP contribution in [0.5, 0.6) is 0 Å². The summed E-state index contributed by atoms with van der Waals surface area (Å²) < 4.78 is 5.36. The lowest BCUT2D eigenvalue weighted by Gasteiger charge is -2.31. The van der Waals surface area contributed by atoms with Crippen molar-refractivity contribution in [2.24, 2.45) is 5.73 Å². The highest BCUT2D eigenvalue weighted by Crippen LogP contribution is 2.07. The third-order valence-corrected chi connectivity index (χ3v) is 3.06. The van der Waals surface area contributed by atoms with Crippen molar-refractivity contribution in [1.82, 2.24) is 4.90 Å². The van der Waals surface area contributed by atoms with Gasteiger partial charge in [-0.05, 0) is 6.92 Å². The molecule has 4 nitrogen and oxygen atoms in total. The van der Waals surface area contributed by atoms with E-state index in [1.807, 2.05) is 11.8 Å². The number of amides is 1. The number of hydrogen-bond donors (Lipinski definition) is 1. The van der Waals surface area contributed by atoms with E-state index in [2.05, 4.69) is 0 Å². The predicted molar refractivity (Wildman–Crippen MR) is 58.4 cm³/mol. The number of carbonyl (C=O) groups is 1. The van der Waals surface area contributed by atoms with Crippen LogP contribution in [-0.4, -0.2) is 54.7 Å². The largest absolute Gasteiger partial charge is 0.375 e. The summed E-state index contributed by atoms with van der Waals surface area (Å²) in [6.07, 6.45) is 0.173. The number of hydrogen-bond acceptors (Lipinski definition) is 4. The van der Waals surface area contributed by atoms with Crippen LogP contribution in [0.15, 0.2) is 0 Å². The number of morpholine rings is 1. The maximum Gasteiger partial charge on any atom is 0.232 e. The van der Waals surface area contributed by atoms with Gasteiger partial charge in [-0.2, -0.15) is 11.8 Å². The third kappa shape index (κ3) is 3.86. The second-order valence-corrected chi connectivity index (χ2v) is 4.47. The van der Waals surface area contributed by atoms with E-state index in [1.54, 1.807) is 11.8 Å². The molecule has 1 saturated heterocycles. The summed E-state index contributed by atoms with van der Waals surface area (Å²) in [6, 6.07) is 0. The second-order valence-electron chi connectivity index (χ2n) is 3.36. The van der Waals surface area contributed by atoms with Gasteiger partial charge < -0.3 is 15.4 Å². The van der Waals surface area contributed by atoms with Crippen molar-refractivity contribution in [2.75, 3.05) is 37.7 Å². The Hall–Kier alpha value is -0.260. The van der Waals surface area contributed by atoms with Crippen molar-refractivity contribution < 1.29 is 9.53 Å². The van der Waals surface area contributed by atoms with E-state index in [4.69, 9.17) is 10.5 Å². The Balaban J connectivity index is 2.22. The summed E-state index contributed by atoms with van der Waals surface area (Å²) in [4.78, 5) is 13.5. The zero-order chi connectivity index (χ0) is 10.4. The van der Waals surface area contributed by atoms with Crippen molar-refractivity contribution in [3.05, 3.63) is 0 Å². The molecule has 82 valence electrons. The van der Waals surface area contributed by atoms with Crippen LogP contribution < -0.4 is 5.73 Å². The van der Waals surface area contributed by atoms with Gasteiger partial charge >= 0.3 is 0 Å². The van der Waals surface area contributed by atoms with E-state index in [9.17, 15) is 4.79 Å². The number of nitrogens with zero attached hydrogens (tertiary/aromatic N) is 1. The molecule has 14 heavy (non-hydrogen) atoms. The van der Waals surface area contributed by atoms with Gasteiger partial charge in [-0.3, -0.25) is 4.79 Å². The van der Waals surface area contributed by atoms with Gasteiger partial charge in [0.2, 0.25) is 5.91 Å². The number of carbonyl (C=O) groups excluding carboxylic acids is 1. The first kappa shape index (κ1) is 11.8. The molecule has 5 heteroatoms. The Kier molecular flexibility index (Phi) is 5.29. The summed E-state index contributed by atoms with van der Waals surface area (Å²) in [7, 11) is 0. The molecular formula is C9H18N2O2S. The molecule has 1 unspecified atom stereocenters. The Bertz CT molecular complexity index is 190. The summed E-state index contributed by atoms with van der Waals surface area (Å²) in [5, 5.41) is 0. The highest BCUT2D eigenvalue weighted by Gasteiger charge is 2.20. The van der Waals surface area contributed by atoms with Crippen LogP contribution in [0.2, 0.25) is 0 Å². The van der Waals surface area contributed by atoms with Crippen molar-refractivity contribution in [1.29, 1.82) is 0 Å². The van der Waals surface area contributed by atoms with Crippen molar-refractivity contribution in [3.63, 3.8) is 0 Å². The van der Waals surface area contributed by atoms with Gasteiger partial charge in [0, 0.05) is 25.4 Å². The van der Waals surface area contributed by atoms with Gasteiger partial charge in [-0.15, -0.1) is 0 Å². The predicted octanol–water partition coefficient (Wildman–Crippen LogP) is -0.0744. The van der Waals surface area contributed by atoms with E-state index < -0.39 is 0 Å². The Labute approximate surface area is 89.2 Å². The zero-order valence-electron chi connectivity index (χ0n) is 8.57. The SMILES string of the molecule is CC1CN(C(=O)CSCCN)CCO1. The normalized spacial score (nSPS) is 22.4. The average molecular weight is 218 g/mol. The van der Waals surface area contributed by atoms with Crippen molar-refractivity contribution in [3.8, 4) is 0 Å². The van der Waals surface area contributed by atoms with Gasteiger partial charge in [-0.25, -0.2) is 0 Å². The standard InChI is InChI=1S/C9H18N2O2S/c1-8-6-11(3-4-13-8)9(12)7-14-5-2-10/h8H,2-7,10H2,1H3. The molecule has 1 aliphatic rings. The lowest BCUT2D eigenvalue weighted by Crippen LogP contribution is -2.45. The maximum atomic E-state index is 11.6. The topological polar surface area (TPSA) is 55.6 Å². The van der Waals surface area contributed by atoms with E-state index in [0.29, 0.717) is 18.9 Å². The Morgan fingerprint density at radius 1 is 1.71 bits per heavy atom. The van der Waals surface area contributed by atoms with Crippen LogP contribution in [0.25, 0.3) is 0 Å². The Morgan fingerprint density at radius 3 is 3.14 bits per heavy atom. The van der Waals surface area contributed by atoms with Crippen molar-refractivity contribution >= 4 is 17.7 Å². The first-order valence-corrected chi connectivity index (χ1v) is 6.06. The molecule has 0 spiro atoms. The van der Waals surface area contributed by atoms with Crippen LogP contribution >= 0.6 is 11.8 Å². The average Bonchev–Trinajstić information content (AvgIpc) is 2.18. The lowest BCUT2D eigenvalue weighted by atomic mass is 10.3. The summed E-state index contributed by atoms with van der Waals surface area (Å²) in [5.41, 5.74) is 5.35. The molecule has 0 aromatic heterocycles. The first-order valence-electron chi connectivity index (χ1n) is 4.91. The van der Waals surface area contributed by atoms with Crippen LogP contribution in [0.3, 0.4) is 0 Å². The third-order valence-electron chi connectivity index (χ3n) is 2.08. The highest BCUT2D eigenvalue weighted by atomic mass is 32.2. The van der Waals surface area contributed by atoms with Gasteiger partial charge in [0.25, 0.3) is 0 Å². The Morgan fingerprint density at radius 2 is 2.50 bits per heavy atom. The number of ether oxygens (including phenoxy) is 1. The molecule has 0 aliphatic carbocycles. The number of nitrogens with two attached hydrogens (primary N) is 1. The van der Waals surface area contributed by atoms with Gasteiger partial charge in [0.15, 0.2) is 0 Å². The fraction of sp³-hybridized carbons (Fsp3) is 0.889. The fourth-order valence-corrected chi connectivity index (χ4v) is 2.05. The molecule has 0 aromatic rings. The van der Waals surface area contributed by atoms with E-state index in [-0.39, 0.29) is 12.0 Å². The molecule has 0 bridgehead atoms. The second kappa shape index (κ2) is 6.27. The van der Waals surface area contributed by atoms with E-state index >= 15 is 0 Å². The maximum absolute atomic E-state index is 11.6. The van der Waals surface area contributed by atoms with Crippen molar-refractivity contribution in [2.45, 2.75) is 13.0 Å². The summed E-state index contributed by atoms with van der Waals surface area (Å²) >= 11 is 1.60. The number of thioether (sulfide) groups is 1. The smallest absolute Gasteiger partial charge is 0.232 e. The van der Waals surface area contributed by atoms with Gasteiger partial charge in [0.1, 0.15) is 0 Å². The number of rotatable bonds is 4. The monoisotopic (exact) mass is 218 g/mol. The zero-order valence-corrected chi connectivity index (χ0v) is 9.39. The molecule has 2 N–H and O–H groups in total. The fourth-order valence-electron chi connectivity index (χ4n) is 1.38. The summed E-state index contributed by atoms with van der Waals surface area (Å²) in [6.45, 7) is 4.74. The first-order chi connectivity index (χ1) is 6.74. The molecule has 1 rings (SSSR count). The molecule has 0 aromatic carbocycles. The van der Waals surface area contributed by atoms with Crippen LogP contribution in [0.4, 0.5) is 0 Å². The molecule has 1 atom stereocenters. The minimum atomic E-state index is 0.173. The minimum Gasteiger partial charge on any atom is -0.375 e. The quantitative estimate of drug-likeness (QED) is 0.671. The highest BCUT2D eigenvalue weighted by molar-refractivity contribution is 7.99. The van der Waals surface area contributed by atoms with Crippen LogP contribution in [0.1, 0.15) is 6.92 Å². The van der Waals surface area contributed by atoms with Crippen LogP contribution in [-0.2, 0) is 9.53 Å². The molecule has 1 amide bonds. The molecular weight excluding hydrogens is 200 g/mol. The molecule has 0 radical (unpaired) electrons. The van der Waals surface area contributed by atoms with Gasteiger partial charge in [-0.1, -0.05) is 0 Å². The minimum absolute atomic E-state index is 0.173. The summed E-state index contributed by atoms with van der Waals surface area (Å²) in [5.74, 6) is 1.61. The molecule has 1 fully saturated rings. The lowest BCUT2D eigenvalue weighted by molar-refractivity contribution is -0.135. The van der Waals surface area contributed by atoms with E-state index in [1.165, 1.54) is 0 Å².